The second-order valence-corrected chi connectivity index (χ2v) is 6.85. The highest BCUT2D eigenvalue weighted by Gasteiger charge is 2.14. The number of anilines is 2. The van der Waals surface area contributed by atoms with Crippen LogP contribution in [0.1, 0.15) is 26.7 Å². The van der Waals surface area contributed by atoms with Gasteiger partial charge in [0.1, 0.15) is 0 Å². The van der Waals surface area contributed by atoms with Crippen LogP contribution in [0.3, 0.4) is 0 Å². The summed E-state index contributed by atoms with van der Waals surface area (Å²) in [7, 11) is 0. The summed E-state index contributed by atoms with van der Waals surface area (Å²) in [6.45, 7) is 3.85. The zero-order valence-corrected chi connectivity index (χ0v) is 14.7. The number of carbonyl (C=O) groups is 2. The highest BCUT2D eigenvalue weighted by molar-refractivity contribution is 8.00. The number of amides is 2. The second-order valence-electron chi connectivity index (χ2n) is 5.44. The predicted molar refractivity (Wildman–Crippen MR) is 100 cm³/mol. The molecule has 0 spiro atoms. The molecule has 0 fully saturated rings. The molecule has 1 unspecified atom stereocenters. The molecule has 5 heteroatoms. The minimum Gasteiger partial charge on any atom is -0.326 e. The lowest BCUT2D eigenvalue weighted by molar-refractivity contribution is -0.116. The SMILES string of the molecule is CCCC(=O)Nc1ccc(SC(C)C(=O)Nc2ccccc2)cc1. The third kappa shape index (κ3) is 5.74. The van der Waals surface area contributed by atoms with Gasteiger partial charge in [-0.3, -0.25) is 9.59 Å². The Labute approximate surface area is 147 Å². The molecule has 2 aromatic carbocycles. The minimum absolute atomic E-state index is 0.0218. The van der Waals surface area contributed by atoms with E-state index in [9.17, 15) is 9.59 Å². The number of rotatable bonds is 7. The van der Waals surface area contributed by atoms with Gasteiger partial charge in [0.15, 0.2) is 0 Å². The lowest BCUT2D eigenvalue weighted by atomic mass is 10.3. The van der Waals surface area contributed by atoms with Crippen molar-refractivity contribution in [3.05, 3.63) is 54.6 Å². The predicted octanol–water partition coefficient (Wildman–Crippen LogP) is 4.54. The van der Waals surface area contributed by atoms with Gasteiger partial charge in [-0.15, -0.1) is 11.8 Å². The van der Waals surface area contributed by atoms with Crippen molar-refractivity contribution in [2.24, 2.45) is 0 Å². The van der Waals surface area contributed by atoms with Gasteiger partial charge < -0.3 is 10.6 Å². The lowest BCUT2D eigenvalue weighted by Gasteiger charge is -2.12. The van der Waals surface area contributed by atoms with E-state index in [2.05, 4.69) is 10.6 Å². The van der Waals surface area contributed by atoms with Gasteiger partial charge in [-0.05, 0) is 49.7 Å². The second kappa shape index (κ2) is 9.13. The standard InChI is InChI=1S/C19H22N2O2S/c1-3-7-18(22)20-16-10-12-17(13-11-16)24-14(2)19(23)21-15-8-5-4-6-9-15/h4-6,8-14H,3,7H2,1-2H3,(H,20,22)(H,21,23). The summed E-state index contributed by atoms with van der Waals surface area (Å²) >= 11 is 1.48. The van der Waals surface area contributed by atoms with Crippen LogP contribution in [0, 0.1) is 0 Å². The van der Waals surface area contributed by atoms with E-state index in [4.69, 9.17) is 0 Å². The first-order chi connectivity index (χ1) is 11.6. The van der Waals surface area contributed by atoms with Crippen LogP contribution < -0.4 is 10.6 Å². The molecule has 4 nitrogen and oxygen atoms in total. The smallest absolute Gasteiger partial charge is 0.237 e. The molecule has 0 aromatic heterocycles. The fraction of sp³-hybridized carbons (Fsp3) is 0.263. The Morgan fingerprint density at radius 2 is 1.58 bits per heavy atom. The molecule has 0 saturated heterocycles. The average molecular weight is 342 g/mol. The molecule has 0 heterocycles. The molecule has 0 aliphatic heterocycles. The first kappa shape index (κ1) is 18.1. The molecule has 2 rings (SSSR count). The first-order valence-corrected chi connectivity index (χ1v) is 8.89. The topological polar surface area (TPSA) is 58.2 Å². The molecule has 0 aliphatic rings. The van der Waals surface area contributed by atoms with Gasteiger partial charge in [-0.25, -0.2) is 0 Å². The van der Waals surface area contributed by atoms with Crippen molar-refractivity contribution < 1.29 is 9.59 Å². The monoisotopic (exact) mass is 342 g/mol. The van der Waals surface area contributed by atoms with E-state index in [1.807, 2.05) is 68.4 Å². The van der Waals surface area contributed by atoms with Crippen molar-refractivity contribution in [2.75, 3.05) is 10.6 Å². The summed E-state index contributed by atoms with van der Waals surface area (Å²) in [5.74, 6) is -0.0139. The van der Waals surface area contributed by atoms with E-state index in [1.54, 1.807) is 0 Å². The maximum atomic E-state index is 12.2. The van der Waals surface area contributed by atoms with Crippen LogP contribution in [-0.2, 0) is 9.59 Å². The molecule has 0 saturated carbocycles. The largest absolute Gasteiger partial charge is 0.326 e. The van der Waals surface area contributed by atoms with Crippen LogP contribution in [0.25, 0.3) is 0 Å². The number of nitrogens with one attached hydrogen (secondary N) is 2. The average Bonchev–Trinajstić information content (AvgIpc) is 2.57. The van der Waals surface area contributed by atoms with E-state index < -0.39 is 0 Å². The summed E-state index contributed by atoms with van der Waals surface area (Å²) in [6, 6.07) is 17.0. The molecule has 0 aliphatic carbocycles. The van der Waals surface area contributed by atoms with Crippen LogP contribution >= 0.6 is 11.8 Å². The molecule has 2 aromatic rings. The van der Waals surface area contributed by atoms with E-state index in [0.717, 1.165) is 22.7 Å². The highest BCUT2D eigenvalue weighted by atomic mass is 32.2. The maximum Gasteiger partial charge on any atom is 0.237 e. The van der Waals surface area contributed by atoms with Crippen molar-refractivity contribution >= 4 is 35.0 Å². The van der Waals surface area contributed by atoms with Gasteiger partial charge >= 0.3 is 0 Å². The summed E-state index contributed by atoms with van der Waals surface area (Å²) in [5, 5.41) is 5.53. The zero-order valence-electron chi connectivity index (χ0n) is 13.9. The fourth-order valence-electron chi connectivity index (χ4n) is 2.09. The molecule has 126 valence electrons. The van der Waals surface area contributed by atoms with E-state index >= 15 is 0 Å². The van der Waals surface area contributed by atoms with Crippen molar-refractivity contribution in [3.63, 3.8) is 0 Å². The van der Waals surface area contributed by atoms with Crippen LogP contribution in [0.4, 0.5) is 11.4 Å². The van der Waals surface area contributed by atoms with Gasteiger partial charge in [0, 0.05) is 22.7 Å². The molecular weight excluding hydrogens is 320 g/mol. The summed E-state index contributed by atoms with van der Waals surface area (Å²) in [6.07, 6.45) is 1.35. The molecule has 1 atom stereocenters. The van der Waals surface area contributed by atoms with Crippen LogP contribution in [0.2, 0.25) is 0 Å². The first-order valence-electron chi connectivity index (χ1n) is 8.01. The highest BCUT2D eigenvalue weighted by Crippen LogP contribution is 2.25. The molecule has 2 amide bonds. The quantitative estimate of drug-likeness (QED) is 0.726. The van der Waals surface area contributed by atoms with Gasteiger partial charge in [-0.2, -0.15) is 0 Å². The molecule has 0 bridgehead atoms. The van der Waals surface area contributed by atoms with Crippen molar-refractivity contribution in [3.8, 4) is 0 Å². The van der Waals surface area contributed by atoms with Crippen molar-refractivity contribution in [1.29, 1.82) is 0 Å². The Morgan fingerprint density at radius 1 is 0.958 bits per heavy atom. The Morgan fingerprint density at radius 3 is 2.21 bits per heavy atom. The third-order valence-corrected chi connectivity index (χ3v) is 4.45. The van der Waals surface area contributed by atoms with Gasteiger partial charge in [0.25, 0.3) is 0 Å². The normalized spacial score (nSPS) is 11.6. The number of hydrogen-bond donors (Lipinski definition) is 2. The molecule has 2 N–H and O–H groups in total. The Hall–Kier alpha value is -2.27. The molecular formula is C19H22N2O2S. The summed E-state index contributed by atoms with van der Waals surface area (Å²) < 4.78 is 0. The van der Waals surface area contributed by atoms with E-state index in [0.29, 0.717) is 6.42 Å². The number of carbonyl (C=O) groups excluding carboxylic acids is 2. The van der Waals surface area contributed by atoms with E-state index in [-0.39, 0.29) is 17.1 Å². The Balaban J connectivity index is 1.88. The van der Waals surface area contributed by atoms with Crippen LogP contribution in [0.15, 0.2) is 59.5 Å². The minimum atomic E-state index is -0.217. The Bertz CT molecular complexity index is 672. The zero-order chi connectivity index (χ0) is 17.4. The molecule has 24 heavy (non-hydrogen) atoms. The summed E-state index contributed by atoms with van der Waals surface area (Å²) in [4.78, 5) is 24.8. The molecule has 0 radical (unpaired) electrons. The third-order valence-electron chi connectivity index (χ3n) is 3.34. The fourth-order valence-corrected chi connectivity index (χ4v) is 2.96. The number of para-hydroxylation sites is 1. The van der Waals surface area contributed by atoms with Gasteiger partial charge in [-0.1, -0.05) is 25.1 Å². The summed E-state index contributed by atoms with van der Waals surface area (Å²) in [5.41, 5.74) is 1.57. The van der Waals surface area contributed by atoms with Crippen LogP contribution in [-0.4, -0.2) is 17.1 Å². The van der Waals surface area contributed by atoms with Crippen LogP contribution in [0.5, 0.6) is 0 Å². The number of thioether (sulfide) groups is 1. The van der Waals surface area contributed by atoms with Crippen molar-refractivity contribution in [1.82, 2.24) is 0 Å². The van der Waals surface area contributed by atoms with Crippen molar-refractivity contribution in [2.45, 2.75) is 36.8 Å². The van der Waals surface area contributed by atoms with E-state index in [1.165, 1.54) is 11.8 Å². The Kier molecular flexibility index (Phi) is 6.88. The number of benzene rings is 2. The number of hydrogen-bond acceptors (Lipinski definition) is 3. The van der Waals surface area contributed by atoms with Gasteiger partial charge in [0.2, 0.25) is 11.8 Å². The maximum absolute atomic E-state index is 12.2. The van der Waals surface area contributed by atoms with Gasteiger partial charge in [0.05, 0.1) is 5.25 Å². The lowest BCUT2D eigenvalue weighted by Crippen LogP contribution is -2.22.